The largest absolute Gasteiger partial charge is 0.457 e. The summed E-state index contributed by atoms with van der Waals surface area (Å²) >= 11 is 1.69. The molecule has 22 heavy (non-hydrogen) atoms. The third kappa shape index (κ3) is 3.31. The summed E-state index contributed by atoms with van der Waals surface area (Å²) in [5.74, 6) is -0.292. The molecule has 0 heterocycles. The molecule has 3 aromatic rings. The second-order valence-electron chi connectivity index (χ2n) is 4.99. The van der Waals surface area contributed by atoms with E-state index in [4.69, 9.17) is 4.74 Å². The minimum absolute atomic E-state index is 0.292. The van der Waals surface area contributed by atoms with Crippen molar-refractivity contribution in [1.29, 1.82) is 0 Å². The van der Waals surface area contributed by atoms with E-state index in [0.717, 1.165) is 16.3 Å². The van der Waals surface area contributed by atoms with Gasteiger partial charge in [-0.15, -0.1) is 11.8 Å². The Hall–Kier alpha value is -2.26. The van der Waals surface area contributed by atoms with E-state index in [1.807, 2.05) is 73.0 Å². The Kier molecular flexibility index (Phi) is 4.45. The fourth-order valence-corrected chi connectivity index (χ4v) is 2.68. The number of fused-ring (bicyclic) bond motifs is 1. The molecular weight excluding hydrogens is 292 g/mol. The van der Waals surface area contributed by atoms with Gasteiger partial charge in [0.25, 0.3) is 0 Å². The zero-order valence-corrected chi connectivity index (χ0v) is 13.1. The number of esters is 1. The summed E-state index contributed by atoms with van der Waals surface area (Å²) in [6.45, 7) is 0.292. The van der Waals surface area contributed by atoms with E-state index in [-0.39, 0.29) is 5.97 Å². The number of hydrogen-bond donors (Lipinski definition) is 0. The number of ether oxygens (including phenoxy) is 1. The maximum Gasteiger partial charge on any atom is 0.338 e. The lowest BCUT2D eigenvalue weighted by Crippen LogP contribution is -2.05. The van der Waals surface area contributed by atoms with Gasteiger partial charge in [0.05, 0.1) is 5.56 Å². The SMILES string of the molecule is CSc1ccc(COC(=O)c2ccc3ccccc3c2)cc1. The Morgan fingerprint density at radius 2 is 1.68 bits per heavy atom. The maximum atomic E-state index is 12.2. The maximum absolute atomic E-state index is 12.2. The Morgan fingerprint density at radius 3 is 2.41 bits per heavy atom. The Balaban J connectivity index is 1.69. The minimum Gasteiger partial charge on any atom is -0.457 e. The van der Waals surface area contributed by atoms with Gasteiger partial charge in [-0.25, -0.2) is 4.79 Å². The van der Waals surface area contributed by atoms with Crippen molar-refractivity contribution < 1.29 is 9.53 Å². The topological polar surface area (TPSA) is 26.3 Å². The highest BCUT2D eigenvalue weighted by Crippen LogP contribution is 2.18. The van der Waals surface area contributed by atoms with E-state index in [1.54, 1.807) is 11.8 Å². The summed E-state index contributed by atoms with van der Waals surface area (Å²) in [6.07, 6.45) is 2.04. The van der Waals surface area contributed by atoms with Crippen LogP contribution in [-0.2, 0) is 11.3 Å². The van der Waals surface area contributed by atoms with Crippen molar-refractivity contribution in [3.8, 4) is 0 Å². The molecule has 3 rings (SSSR count). The number of hydrogen-bond acceptors (Lipinski definition) is 3. The molecule has 0 aliphatic carbocycles. The van der Waals surface area contributed by atoms with Crippen molar-refractivity contribution in [2.45, 2.75) is 11.5 Å². The van der Waals surface area contributed by atoms with Crippen LogP contribution in [0.25, 0.3) is 10.8 Å². The summed E-state index contributed by atoms with van der Waals surface area (Å²) in [5.41, 5.74) is 1.58. The first-order valence-electron chi connectivity index (χ1n) is 7.05. The average molecular weight is 308 g/mol. The van der Waals surface area contributed by atoms with E-state index in [0.29, 0.717) is 12.2 Å². The van der Waals surface area contributed by atoms with Gasteiger partial charge >= 0.3 is 5.97 Å². The molecule has 0 fully saturated rings. The number of benzene rings is 3. The van der Waals surface area contributed by atoms with Crippen LogP contribution in [0, 0.1) is 0 Å². The third-order valence-electron chi connectivity index (χ3n) is 3.51. The first-order valence-corrected chi connectivity index (χ1v) is 8.27. The van der Waals surface area contributed by atoms with Gasteiger partial charge < -0.3 is 4.74 Å². The zero-order chi connectivity index (χ0) is 15.4. The molecule has 0 radical (unpaired) electrons. The first kappa shape index (κ1) is 14.7. The molecule has 0 bridgehead atoms. The lowest BCUT2D eigenvalue weighted by atomic mass is 10.1. The quantitative estimate of drug-likeness (QED) is 0.505. The molecule has 110 valence electrons. The van der Waals surface area contributed by atoms with Gasteiger partial charge in [0.1, 0.15) is 6.61 Å². The molecular formula is C19H16O2S. The molecule has 0 atom stereocenters. The molecule has 3 aromatic carbocycles. The van der Waals surface area contributed by atoms with E-state index in [2.05, 4.69) is 0 Å². The van der Waals surface area contributed by atoms with Crippen molar-refractivity contribution in [1.82, 2.24) is 0 Å². The number of carbonyl (C=O) groups excluding carboxylic acids is 1. The highest BCUT2D eigenvalue weighted by molar-refractivity contribution is 7.98. The Labute approximate surface area is 134 Å². The van der Waals surface area contributed by atoms with E-state index < -0.39 is 0 Å². The highest BCUT2D eigenvalue weighted by Gasteiger charge is 2.08. The van der Waals surface area contributed by atoms with Gasteiger partial charge in [-0.1, -0.05) is 42.5 Å². The van der Waals surface area contributed by atoms with Crippen LogP contribution in [0.2, 0.25) is 0 Å². The molecule has 0 spiro atoms. The fourth-order valence-electron chi connectivity index (χ4n) is 2.27. The molecule has 0 saturated carbocycles. The van der Waals surface area contributed by atoms with Crippen molar-refractivity contribution in [2.75, 3.05) is 6.26 Å². The van der Waals surface area contributed by atoms with Gasteiger partial charge in [-0.05, 0) is 46.9 Å². The van der Waals surface area contributed by atoms with Crippen molar-refractivity contribution in [3.63, 3.8) is 0 Å². The van der Waals surface area contributed by atoms with Crippen LogP contribution in [0.1, 0.15) is 15.9 Å². The first-order chi connectivity index (χ1) is 10.8. The predicted molar refractivity (Wildman–Crippen MR) is 91.3 cm³/mol. The molecule has 0 saturated heterocycles. The third-order valence-corrected chi connectivity index (χ3v) is 4.26. The second-order valence-corrected chi connectivity index (χ2v) is 5.87. The molecule has 0 unspecified atom stereocenters. The summed E-state index contributed by atoms with van der Waals surface area (Å²) < 4.78 is 5.39. The van der Waals surface area contributed by atoms with Gasteiger partial charge in [-0.3, -0.25) is 0 Å². The monoisotopic (exact) mass is 308 g/mol. The standard InChI is InChI=1S/C19H16O2S/c1-22-18-10-6-14(7-11-18)13-21-19(20)17-9-8-15-4-2-3-5-16(15)12-17/h2-12H,13H2,1H3. The van der Waals surface area contributed by atoms with E-state index in [1.165, 1.54) is 4.90 Å². The van der Waals surface area contributed by atoms with Crippen LogP contribution in [0.5, 0.6) is 0 Å². The molecule has 0 amide bonds. The molecule has 0 aliphatic rings. The lowest BCUT2D eigenvalue weighted by molar-refractivity contribution is 0.0473. The normalized spacial score (nSPS) is 10.6. The average Bonchev–Trinajstić information content (AvgIpc) is 2.59. The smallest absolute Gasteiger partial charge is 0.338 e. The molecule has 0 aromatic heterocycles. The van der Waals surface area contributed by atoms with Crippen LogP contribution < -0.4 is 0 Å². The van der Waals surface area contributed by atoms with Crippen LogP contribution in [-0.4, -0.2) is 12.2 Å². The predicted octanol–water partition coefficient (Wildman–Crippen LogP) is 4.92. The van der Waals surface area contributed by atoms with Crippen LogP contribution in [0.15, 0.2) is 71.6 Å². The van der Waals surface area contributed by atoms with Crippen molar-refractivity contribution in [2.24, 2.45) is 0 Å². The summed E-state index contributed by atoms with van der Waals surface area (Å²) in [7, 11) is 0. The molecule has 0 N–H and O–H groups in total. The summed E-state index contributed by atoms with van der Waals surface area (Å²) in [4.78, 5) is 13.4. The van der Waals surface area contributed by atoms with Gasteiger partial charge in [0.15, 0.2) is 0 Å². The molecule has 3 heteroatoms. The number of rotatable bonds is 4. The lowest BCUT2D eigenvalue weighted by Gasteiger charge is -2.06. The van der Waals surface area contributed by atoms with Gasteiger partial charge in [0, 0.05) is 4.90 Å². The number of carbonyl (C=O) groups is 1. The fraction of sp³-hybridized carbons (Fsp3) is 0.105. The summed E-state index contributed by atoms with van der Waals surface area (Å²) in [6, 6.07) is 21.6. The van der Waals surface area contributed by atoms with Gasteiger partial charge in [0.2, 0.25) is 0 Å². The molecule has 2 nitrogen and oxygen atoms in total. The Bertz CT molecular complexity index is 794. The van der Waals surface area contributed by atoms with E-state index >= 15 is 0 Å². The van der Waals surface area contributed by atoms with Crippen LogP contribution >= 0.6 is 11.8 Å². The van der Waals surface area contributed by atoms with Gasteiger partial charge in [-0.2, -0.15) is 0 Å². The second kappa shape index (κ2) is 6.67. The minimum atomic E-state index is -0.292. The summed E-state index contributed by atoms with van der Waals surface area (Å²) in [5, 5.41) is 2.16. The van der Waals surface area contributed by atoms with Crippen LogP contribution in [0.4, 0.5) is 0 Å². The zero-order valence-electron chi connectivity index (χ0n) is 12.3. The Morgan fingerprint density at radius 1 is 0.955 bits per heavy atom. The molecule has 0 aliphatic heterocycles. The van der Waals surface area contributed by atoms with E-state index in [9.17, 15) is 4.79 Å². The van der Waals surface area contributed by atoms with Crippen molar-refractivity contribution in [3.05, 3.63) is 77.9 Å². The van der Waals surface area contributed by atoms with Crippen LogP contribution in [0.3, 0.4) is 0 Å². The number of thioether (sulfide) groups is 1. The van der Waals surface area contributed by atoms with Crippen molar-refractivity contribution >= 4 is 28.5 Å². The highest BCUT2D eigenvalue weighted by atomic mass is 32.2.